The van der Waals surface area contributed by atoms with E-state index in [0.717, 1.165) is 11.3 Å². The van der Waals surface area contributed by atoms with Crippen LogP contribution in [0.5, 0.6) is 5.75 Å². The summed E-state index contributed by atoms with van der Waals surface area (Å²) in [7, 11) is 1.60. The van der Waals surface area contributed by atoms with Crippen molar-refractivity contribution in [2.24, 2.45) is 0 Å². The molecular weight excluding hydrogens is 410 g/mol. The van der Waals surface area contributed by atoms with Crippen LogP contribution in [0.15, 0.2) is 60.8 Å². The largest absolute Gasteiger partial charge is 0.496 e. The molecule has 162 valence electrons. The molecular formula is C22H21N7O3. The SMILES string of the molecule is COc1ccccc1-c1nn(-c2ccccc2)cc1C(=O)N1CCOC(c2nn[nH]n2)C1. The number of para-hydroxylation sites is 2. The molecule has 32 heavy (non-hydrogen) atoms. The number of aromatic amines is 1. The van der Waals surface area contributed by atoms with Gasteiger partial charge in [0.2, 0.25) is 5.82 Å². The molecule has 10 heteroatoms. The van der Waals surface area contributed by atoms with Crippen LogP contribution >= 0.6 is 0 Å². The fourth-order valence-electron chi connectivity index (χ4n) is 3.75. The summed E-state index contributed by atoms with van der Waals surface area (Å²) in [6.07, 6.45) is 1.32. The summed E-state index contributed by atoms with van der Waals surface area (Å²) in [6.45, 7) is 1.15. The molecule has 1 aliphatic heterocycles. The summed E-state index contributed by atoms with van der Waals surface area (Å²) >= 11 is 0. The molecule has 1 amide bonds. The molecule has 3 heterocycles. The summed E-state index contributed by atoms with van der Waals surface area (Å²) < 4.78 is 13.0. The van der Waals surface area contributed by atoms with Crippen LogP contribution in [-0.4, -0.2) is 68.0 Å². The number of aromatic nitrogens is 6. The van der Waals surface area contributed by atoms with Crippen molar-refractivity contribution in [3.05, 3.63) is 72.2 Å². The van der Waals surface area contributed by atoms with E-state index in [2.05, 4.69) is 20.6 Å². The zero-order valence-corrected chi connectivity index (χ0v) is 17.4. The summed E-state index contributed by atoms with van der Waals surface area (Å²) in [6, 6.07) is 17.2. The average Bonchev–Trinajstić information content (AvgIpc) is 3.55. The van der Waals surface area contributed by atoms with Gasteiger partial charge in [0, 0.05) is 18.3 Å². The Labute approximate surface area is 183 Å². The third kappa shape index (κ3) is 3.71. The van der Waals surface area contributed by atoms with Crippen LogP contribution in [0, 0.1) is 0 Å². The second-order valence-electron chi connectivity index (χ2n) is 7.25. The molecule has 1 saturated heterocycles. The second-order valence-corrected chi connectivity index (χ2v) is 7.25. The lowest BCUT2D eigenvalue weighted by Gasteiger charge is -2.31. The van der Waals surface area contributed by atoms with Crippen LogP contribution in [0.25, 0.3) is 16.9 Å². The Bertz CT molecular complexity index is 1210. The highest BCUT2D eigenvalue weighted by atomic mass is 16.5. The van der Waals surface area contributed by atoms with Gasteiger partial charge in [-0.15, -0.1) is 10.2 Å². The van der Waals surface area contributed by atoms with E-state index in [1.165, 1.54) is 0 Å². The highest BCUT2D eigenvalue weighted by Gasteiger charge is 2.31. The lowest BCUT2D eigenvalue weighted by molar-refractivity contribution is -0.0267. The van der Waals surface area contributed by atoms with Gasteiger partial charge >= 0.3 is 0 Å². The van der Waals surface area contributed by atoms with Crippen LogP contribution in [0.2, 0.25) is 0 Å². The number of nitrogens with zero attached hydrogens (tertiary/aromatic N) is 6. The van der Waals surface area contributed by atoms with E-state index in [1.807, 2.05) is 54.6 Å². The highest BCUT2D eigenvalue weighted by molar-refractivity contribution is 6.00. The second kappa shape index (κ2) is 8.60. The molecule has 0 aliphatic carbocycles. The van der Waals surface area contributed by atoms with Gasteiger partial charge in [-0.1, -0.05) is 35.5 Å². The van der Waals surface area contributed by atoms with Gasteiger partial charge in [0.1, 0.15) is 17.5 Å². The first-order chi connectivity index (χ1) is 15.7. The molecule has 1 atom stereocenters. The molecule has 1 unspecified atom stereocenters. The number of hydrogen-bond donors (Lipinski definition) is 1. The van der Waals surface area contributed by atoms with E-state index in [-0.39, 0.29) is 5.91 Å². The lowest BCUT2D eigenvalue weighted by atomic mass is 10.1. The molecule has 1 fully saturated rings. The van der Waals surface area contributed by atoms with Crippen molar-refractivity contribution in [1.82, 2.24) is 35.3 Å². The highest BCUT2D eigenvalue weighted by Crippen LogP contribution is 2.33. The van der Waals surface area contributed by atoms with E-state index in [0.29, 0.717) is 42.5 Å². The summed E-state index contributed by atoms with van der Waals surface area (Å²) in [5, 5.41) is 18.8. The van der Waals surface area contributed by atoms with Crippen molar-refractivity contribution in [3.63, 3.8) is 0 Å². The standard InChI is InChI=1S/C22H21N7O3/c1-31-18-10-6-5-9-16(18)20-17(13-29(25-20)15-7-3-2-4-8-15)22(30)28-11-12-32-19(14-28)21-23-26-27-24-21/h2-10,13,19H,11-12,14H2,1H3,(H,23,24,26,27). The van der Waals surface area contributed by atoms with Crippen molar-refractivity contribution < 1.29 is 14.3 Å². The summed E-state index contributed by atoms with van der Waals surface area (Å²) in [5.41, 5.74) is 2.64. The topological polar surface area (TPSA) is 111 Å². The third-order valence-electron chi connectivity index (χ3n) is 5.33. The number of morpholine rings is 1. The number of carbonyl (C=O) groups is 1. The minimum absolute atomic E-state index is 0.148. The predicted octanol–water partition coefficient (Wildman–Crippen LogP) is 2.27. The quantitative estimate of drug-likeness (QED) is 0.516. The van der Waals surface area contributed by atoms with Gasteiger partial charge in [-0.25, -0.2) is 4.68 Å². The average molecular weight is 431 g/mol. The number of amides is 1. The summed E-state index contributed by atoms with van der Waals surface area (Å²) in [4.78, 5) is 15.4. The normalized spacial score (nSPS) is 16.2. The first-order valence-electron chi connectivity index (χ1n) is 10.2. The van der Waals surface area contributed by atoms with Crippen molar-refractivity contribution in [1.29, 1.82) is 0 Å². The van der Waals surface area contributed by atoms with Gasteiger partial charge in [-0.2, -0.15) is 10.3 Å². The van der Waals surface area contributed by atoms with Crippen LogP contribution in [0.3, 0.4) is 0 Å². The minimum Gasteiger partial charge on any atom is -0.496 e. The Morgan fingerprint density at radius 3 is 2.75 bits per heavy atom. The van der Waals surface area contributed by atoms with Crippen molar-refractivity contribution >= 4 is 5.91 Å². The number of rotatable bonds is 5. The number of H-pyrrole nitrogens is 1. The first-order valence-corrected chi connectivity index (χ1v) is 10.2. The number of hydrogen-bond acceptors (Lipinski definition) is 7. The fraction of sp³-hybridized carbons (Fsp3) is 0.227. The number of benzene rings is 2. The number of methoxy groups -OCH3 is 1. The predicted molar refractivity (Wildman–Crippen MR) is 114 cm³/mol. The molecule has 1 N–H and O–H groups in total. The monoisotopic (exact) mass is 431 g/mol. The Balaban J connectivity index is 1.54. The van der Waals surface area contributed by atoms with Crippen LogP contribution in [-0.2, 0) is 4.74 Å². The lowest BCUT2D eigenvalue weighted by Crippen LogP contribution is -2.42. The maximum Gasteiger partial charge on any atom is 0.257 e. The number of ether oxygens (including phenoxy) is 2. The third-order valence-corrected chi connectivity index (χ3v) is 5.33. The molecule has 4 aromatic rings. The molecule has 2 aromatic heterocycles. The van der Waals surface area contributed by atoms with Gasteiger partial charge in [0.15, 0.2) is 0 Å². The Hall–Kier alpha value is -4.05. The molecule has 10 nitrogen and oxygen atoms in total. The zero-order chi connectivity index (χ0) is 21.9. The van der Waals surface area contributed by atoms with E-state index < -0.39 is 6.10 Å². The molecule has 1 aliphatic rings. The van der Waals surface area contributed by atoms with Gasteiger partial charge in [0.25, 0.3) is 5.91 Å². The molecule has 0 spiro atoms. The Morgan fingerprint density at radius 2 is 1.97 bits per heavy atom. The van der Waals surface area contributed by atoms with E-state index in [4.69, 9.17) is 14.6 Å². The Kier molecular flexibility index (Phi) is 5.34. The minimum atomic E-state index is -0.440. The maximum absolute atomic E-state index is 13.7. The van der Waals surface area contributed by atoms with Crippen molar-refractivity contribution in [3.8, 4) is 22.7 Å². The molecule has 0 radical (unpaired) electrons. The van der Waals surface area contributed by atoms with E-state index in [1.54, 1.807) is 22.9 Å². The van der Waals surface area contributed by atoms with Crippen molar-refractivity contribution in [2.75, 3.05) is 26.8 Å². The smallest absolute Gasteiger partial charge is 0.257 e. The van der Waals surface area contributed by atoms with Crippen LogP contribution in [0.1, 0.15) is 22.3 Å². The van der Waals surface area contributed by atoms with Gasteiger partial charge < -0.3 is 14.4 Å². The van der Waals surface area contributed by atoms with E-state index >= 15 is 0 Å². The molecule has 2 aromatic carbocycles. The Morgan fingerprint density at radius 1 is 1.16 bits per heavy atom. The zero-order valence-electron chi connectivity index (χ0n) is 17.4. The van der Waals surface area contributed by atoms with E-state index in [9.17, 15) is 4.79 Å². The van der Waals surface area contributed by atoms with Gasteiger partial charge in [-0.3, -0.25) is 4.79 Å². The van der Waals surface area contributed by atoms with Gasteiger partial charge in [0.05, 0.1) is 31.5 Å². The fourth-order valence-corrected chi connectivity index (χ4v) is 3.75. The molecule has 0 saturated carbocycles. The number of carbonyl (C=O) groups excluding carboxylic acids is 1. The van der Waals surface area contributed by atoms with Gasteiger partial charge in [-0.05, 0) is 24.3 Å². The number of tetrazole rings is 1. The van der Waals surface area contributed by atoms with Crippen LogP contribution in [0.4, 0.5) is 0 Å². The van der Waals surface area contributed by atoms with Crippen molar-refractivity contribution in [2.45, 2.75) is 6.10 Å². The summed E-state index contributed by atoms with van der Waals surface area (Å²) in [5.74, 6) is 0.920. The maximum atomic E-state index is 13.7. The number of nitrogens with one attached hydrogen (secondary N) is 1. The molecule has 5 rings (SSSR count). The van der Waals surface area contributed by atoms with Crippen LogP contribution < -0.4 is 4.74 Å². The molecule has 0 bridgehead atoms. The first kappa shape index (κ1) is 19.9.